The van der Waals surface area contributed by atoms with E-state index in [0.717, 1.165) is 29.5 Å². The number of hydrogen-bond acceptors (Lipinski definition) is 11. The number of amides is 3. The minimum atomic E-state index is -4.46. The zero-order valence-corrected chi connectivity index (χ0v) is 41.1. The maximum atomic E-state index is 13.9. The number of aryl methyl sites for hydroxylation is 2. The largest absolute Gasteiger partial charge is 0.454 e. The third-order valence-corrected chi connectivity index (χ3v) is 10.7. The van der Waals surface area contributed by atoms with Crippen molar-refractivity contribution < 1.29 is 45.8 Å². The van der Waals surface area contributed by atoms with E-state index in [2.05, 4.69) is 46.8 Å². The molecule has 0 bridgehead atoms. The molecule has 3 N–H and O–H groups in total. The van der Waals surface area contributed by atoms with E-state index < -0.39 is 29.3 Å². The molecule has 0 spiro atoms. The first-order valence-electron chi connectivity index (χ1n) is 23.0. The van der Waals surface area contributed by atoms with Crippen molar-refractivity contribution in [2.24, 2.45) is 0 Å². The number of anilines is 5. The van der Waals surface area contributed by atoms with Gasteiger partial charge in [0.1, 0.15) is 18.4 Å². The predicted molar refractivity (Wildman–Crippen MR) is 281 cm³/mol. The van der Waals surface area contributed by atoms with Crippen LogP contribution in [0, 0.1) is 37.8 Å². The average Bonchev–Trinajstić information content (AvgIpc) is 3.43. The number of hydrogen-bond donors (Lipinski definition) is 3. The molecule has 0 atom stereocenters. The number of ether oxygens (including phenoxy) is 2. The van der Waals surface area contributed by atoms with Crippen LogP contribution in [0.1, 0.15) is 53.3 Å². The smallest absolute Gasteiger partial charge is 0.417 e. The molecule has 386 valence electrons. The minimum absolute atomic E-state index is 0.0669. The molecular weight excluding hydrogens is 998 g/mol. The van der Waals surface area contributed by atoms with Crippen LogP contribution in [0.4, 0.5) is 50.4 Å². The summed E-state index contributed by atoms with van der Waals surface area (Å²) in [7, 11) is 1.64. The average molecular weight is 1040 g/mol. The molecule has 9 aromatic rings. The van der Waals surface area contributed by atoms with Crippen molar-refractivity contribution in [1.82, 2.24) is 24.9 Å². The van der Waals surface area contributed by atoms with E-state index in [1.54, 1.807) is 134 Å². The van der Waals surface area contributed by atoms with Crippen LogP contribution in [0.5, 0.6) is 23.0 Å². The molecule has 0 saturated heterocycles. The van der Waals surface area contributed by atoms with Gasteiger partial charge in [0, 0.05) is 76.4 Å². The molecule has 6 aromatic carbocycles. The lowest BCUT2D eigenvalue weighted by Gasteiger charge is -2.21. The van der Waals surface area contributed by atoms with E-state index in [9.17, 15) is 36.3 Å². The molecule has 0 aliphatic carbocycles. The van der Waals surface area contributed by atoms with Gasteiger partial charge >= 0.3 is 6.18 Å². The number of alkyl halides is 3. The van der Waals surface area contributed by atoms with E-state index in [1.165, 1.54) is 37.3 Å². The fraction of sp³-hybridized carbons (Fsp3) is 0.0690. The molecule has 19 heteroatoms. The van der Waals surface area contributed by atoms with Gasteiger partial charge in [-0.05, 0) is 92.7 Å². The Bertz CT molecular complexity index is 3570. The van der Waals surface area contributed by atoms with Crippen LogP contribution in [-0.2, 0) is 6.18 Å². The number of carbonyl (C=O) groups excluding carboxylic acids is 3. The zero-order valence-electron chi connectivity index (χ0n) is 41.1. The highest BCUT2D eigenvalue weighted by Gasteiger charge is 2.31. The van der Waals surface area contributed by atoms with Gasteiger partial charge in [0.15, 0.2) is 23.1 Å². The Hall–Kier alpha value is -10.4. The van der Waals surface area contributed by atoms with Crippen molar-refractivity contribution in [3.05, 3.63) is 240 Å². The number of nitrogens with one attached hydrogen (secondary N) is 3. The van der Waals surface area contributed by atoms with Gasteiger partial charge in [0.05, 0.1) is 42.2 Å². The third-order valence-electron chi connectivity index (χ3n) is 10.7. The van der Waals surface area contributed by atoms with Crippen LogP contribution < -0.4 is 30.3 Å². The number of carbonyl (C=O) groups is 3. The highest BCUT2D eigenvalue weighted by atomic mass is 19.4. The summed E-state index contributed by atoms with van der Waals surface area (Å²) in [6.45, 7) is 3.75. The molecule has 9 rings (SSSR count). The number of benzene rings is 6. The van der Waals surface area contributed by atoms with Crippen LogP contribution in [0.2, 0.25) is 0 Å². The standard InChI is InChI=1S/C21H18F3N3O.C19H13N3O2.C18H13F2N3O2/c1-14-5-3-6-15(9-14)20(28)26-17-7-4-8-18(11-17)27(2)19-10-16(12-25-13-19)21(22,23)24;1-2-14-5-3-6-15(9-14)19(23)22-16-7-4-8-17(10-16)24-18-11-20-13-21-12-18;1-11-3-2-4-12(5-11)18(24)23-13-6-15(19)17(20)16(7-13)25-14-8-21-10-22-9-14/h3-13H,1-2H3,(H,26,28);1,3-13H,(H,22,23);2-10H,1H3,(H,23,24). The fourth-order valence-corrected chi connectivity index (χ4v) is 6.93. The van der Waals surface area contributed by atoms with Crippen LogP contribution in [0.15, 0.2) is 189 Å². The SMILES string of the molecule is C#Cc1cccc(C(=O)Nc2cccc(Oc3cncnc3)c2)c1.Cc1cccc(C(=O)Nc2cc(F)c(F)c(Oc3cncnc3)c2)c1.Cc1cccc(C(=O)Nc2cccc(N(C)c3cncc(C(F)(F)F)c3)c2)c1. The minimum Gasteiger partial charge on any atom is -0.454 e. The topological polar surface area (TPSA) is 173 Å². The van der Waals surface area contributed by atoms with Crippen molar-refractivity contribution in [2.45, 2.75) is 20.0 Å². The summed E-state index contributed by atoms with van der Waals surface area (Å²) in [4.78, 5) is 57.5. The van der Waals surface area contributed by atoms with Gasteiger partial charge in [0.25, 0.3) is 17.7 Å². The summed E-state index contributed by atoms with van der Waals surface area (Å²) in [6, 6.07) is 38.0. The maximum absolute atomic E-state index is 13.9. The summed E-state index contributed by atoms with van der Waals surface area (Å²) < 4.78 is 77.4. The molecule has 77 heavy (non-hydrogen) atoms. The molecule has 3 heterocycles. The normalized spacial score (nSPS) is 10.5. The summed E-state index contributed by atoms with van der Waals surface area (Å²) in [5, 5.41) is 8.15. The van der Waals surface area contributed by atoms with Gasteiger partial charge < -0.3 is 30.3 Å². The summed E-state index contributed by atoms with van der Waals surface area (Å²) in [5.74, 6) is 0.100. The molecule has 3 amide bonds. The summed E-state index contributed by atoms with van der Waals surface area (Å²) in [6.07, 6.45) is 11.5. The molecular formula is C58H44F5N9O5. The van der Waals surface area contributed by atoms with Crippen molar-refractivity contribution in [1.29, 1.82) is 0 Å². The third kappa shape index (κ3) is 15.8. The van der Waals surface area contributed by atoms with Crippen LogP contribution in [0.3, 0.4) is 0 Å². The number of pyridine rings is 1. The van der Waals surface area contributed by atoms with Gasteiger partial charge in [0.2, 0.25) is 5.82 Å². The fourth-order valence-electron chi connectivity index (χ4n) is 6.93. The second-order valence-corrected chi connectivity index (χ2v) is 16.5. The Morgan fingerprint density at radius 1 is 0.532 bits per heavy atom. The van der Waals surface area contributed by atoms with Crippen molar-refractivity contribution in [3.63, 3.8) is 0 Å². The molecule has 0 fully saturated rings. The number of nitrogens with zero attached hydrogens (tertiary/aromatic N) is 6. The molecule has 0 aliphatic heterocycles. The second kappa shape index (κ2) is 25.5. The Morgan fingerprint density at radius 2 is 1.05 bits per heavy atom. The maximum Gasteiger partial charge on any atom is 0.417 e. The quantitative estimate of drug-likeness (QED) is 0.0785. The number of terminal acetylenes is 1. The van der Waals surface area contributed by atoms with E-state index in [-0.39, 0.29) is 34.7 Å². The molecule has 0 unspecified atom stereocenters. The summed E-state index contributed by atoms with van der Waals surface area (Å²) in [5.41, 5.74) is 5.26. The highest BCUT2D eigenvalue weighted by molar-refractivity contribution is 6.06. The van der Waals surface area contributed by atoms with Crippen molar-refractivity contribution in [2.75, 3.05) is 27.9 Å². The number of rotatable bonds is 12. The van der Waals surface area contributed by atoms with E-state index in [0.29, 0.717) is 50.8 Å². The van der Waals surface area contributed by atoms with Crippen molar-refractivity contribution >= 4 is 46.2 Å². The molecule has 3 aromatic heterocycles. The van der Waals surface area contributed by atoms with Gasteiger partial charge in [-0.25, -0.2) is 24.3 Å². The van der Waals surface area contributed by atoms with Gasteiger partial charge in [-0.3, -0.25) is 19.4 Å². The Kier molecular flexibility index (Phi) is 18.1. The van der Waals surface area contributed by atoms with E-state index >= 15 is 0 Å². The van der Waals surface area contributed by atoms with Gasteiger partial charge in [-0.1, -0.05) is 59.5 Å². The predicted octanol–water partition coefficient (Wildman–Crippen LogP) is 13.0. The molecule has 0 aliphatic rings. The lowest BCUT2D eigenvalue weighted by Crippen LogP contribution is -2.14. The van der Waals surface area contributed by atoms with E-state index in [4.69, 9.17) is 15.9 Å². The van der Waals surface area contributed by atoms with Gasteiger partial charge in [-0.15, -0.1) is 6.42 Å². The zero-order chi connectivity index (χ0) is 54.9. The Labute approximate surface area is 438 Å². The first-order chi connectivity index (χ1) is 37.0. The summed E-state index contributed by atoms with van der Waals surface area (Å²) >= 11 is 0. The number of aromatic nitrogens is 5. The number of halogens is 5. The molecule has 0 radical (unpaired) electrons. The van der Waals surface area contributed by atoms with Crippen molar-refractivity contribution in [3.8, 4) is 35.3 Å². The monoisotopic (exact) mass is 1040 g/mol. The molecule has 0 saturated carbocycles. The van der Waals surface area contributed by atoms with Crippen LogP contribution in [0.25, 0.3) is 0 Å². The lowest BCUT2D eigenvalue weighted by atomic mass is 10.1. The first kappa shape index (κ1) is 54.4. The molecule has 14 nitrogen and oxygen atoms in total. The Balaban J connectivity index is 0.000000168. The van der Waals surface area contributed by atoms with Gasteiger partial charge in [-0.2, -0.15) is 17.6 Å². The van der Waals surface area contributed by atoms with E-state index in [1.807, 2.05) is 26.0 Å². The first-order valence-corrected chi connectivity index (χ1v) is 23.0. The van der Waals surface area contributed by atoms with Crippen LogP contribution in [-0.4, -0.2) is 49.7 Å². The lowest BCUT2D eigenvalue weighted by molar-refractivity contribution is -0.137. The highest BCUT2D eigenvalue weighted by Crippen LogP contribution is 2.34. The van der Waals surface area contributed by atoms with Crippen LogP contribution >= 0.6 is 0 Å². The second-order valence-electron chi connectivity index (χ2n) is 16.5. The Morgan fingerprint density at radius 3 is 1.62 bits per heavy atom.